The van der Waals surface area contributed by atoms with Crippen LogP contribution in [0.4, 0.5) is 58.1 Å². The third-order valence-corrected chi connectivity index (χ3v) is 36.5. The molecule has 0 aliphatic carbocycles. The summed E-state index contributed by atoms with van der Waals surface area (Å²) in [6.45, 7) is 32.1. The number of rotatable bonds is 23. The number of carbonyl (C=O) groups is 7. The van der Waals surface area contributed by atoms with E-state index in [1.807, 2.05) is 75.4 Å². The number of carbonyl (C=O) groups excluding carboxylic acids is 7. The van der Waals surface area contributed by atoms with Crippen LogP contribution in [0.1, 0.15) is 204 Å². The molecule has 2 atom stereocenters. The molecule has 6 saturated heterocycles. The van der Waals surface area contributed by atoms with E-state index in [1.54, 1.807) is 156 Å². The fraction of sp³-hybridized carbons (Fsp3) is 0.557. The minimum Gasteiger partial charge on any atom is -0.454 e. The second-order valence-electron chi connectivity index (χ2n) is 39.0. The van der Waals surface area contributed by atoms with Crippen LogP contribution in [0.25, 0.3) is 0 Å². The molecule has 41 nitrogen and oxygen atoms in total. The Kier molecular flexibility index (Phi) is 37.5. The summed E-state index contributed by atoms with van der Waals surface area (Å²) in [5.74, 6) is 3.26. The molecule has 10 aliphatic rings. The SMILES string of the molecule is CC(C)N1C(=O)c2ccc(NC(=O)N3CCC(NS(=O)(=O)C(C)C)CC3)cc2C1=O.CC(C)S(=O)(=O)NC1CCN(C(=O)Nc2ccc3c(c2)OCO3)CC1.CC1CC(NS(=O)(=O)C(C)C)CCN1C(=O)Nc1ccc(N2CCC(O)(c3ccc(Cl)cc3)CC2)cc1.Cc1c(NC(=O)N2CCC(NS(=O)(=O)C(C)C)CC2)ccc2c1OCO2.Cc1cc(NC(=O)N2CCC(NS(=O)(=O)C(C)C)CC2)cc2c1OCO2. The van der Waals surface area contributed by atoms with Crippen LogP contribution in [0.15, 0.2) is 109 Å². The first kappa shape index (κ1) is 112. The molecule has 792 valence electrons. The Labute approximate surface area is 849 Å². The second-order valence-corrected chi connectivity index (χ2v) is 50.8. The average molecular weight is 2120 g/mol. The smallest absolute Gasteiger partial charge is 0.322 e. The molecule has 0 radical (unpaired) electrons. The number of fused-ring (bicyclic) bond motifs is 4. The lowest BCUT2D eigenvalue weighted by Crippen LogP contribution is -2.52. The fourth-order valence-corrected chi connectivity index (χ4v) is 22.4. The number of amides is 12. The number of aliphatic hydroxyl groups is 1. The van der Waals surface area contributed by atoms with Gasteiger partial charge in [-0.2, -0.15) is 0 Å². The quantitative estimate of drug-likeness (QED) is 0.0265. The van der Waals surface area contributed by atoms with Crippen LogP contribution >= 0.6 is 11.6 Å². The summed E-state index contributed by atoms with van der Waals surface area (Å²) in [6, 6.07) is 30.1. The monoisotopic (exact) mass is 2120 g/mol. The number of hydrogen-bond donors (Lipinski definition) is 11. The fourth-order valence-electron chi connectivity index (χ4n) is 17.4. The van der Waals surface area contributed by atoms with Crippen LogP contribution in [-0.4, -0.2) is 279 Å². The number of hydrogen-bond acceptors (Lipinski definition) is 25. The highest BCUT2D eigenvalue weighted by atomic mass is 35.5. The molecular weight excluding hydrogens is 1980 g/mol. The highest BCUT2D eigenvalue weighted by Crippen LogP contribution is 2.42. The third-order valence-electron chi connectivity index (χ3n) is 26.7. The maximum absolute atomic E-state index is 12.9. The van der Waals surface area contributed by atoms with Gasteiger partial charge in [0.15, 0.2) is 34.5 Å². The number of benzene rings is 6. The number of nitrogens with zero attached hydrogens (tertiary/aromatic N) is 7. The largest absolute Gasteiger partial charge is 0.454 e. The highest BCUT2D eigenvalue weighted by molar-refractivity contribution is 7.91. The molecule has 0 bridgehead atoms. The normalized spacial score (nSPS) is 18.9. The maximum atomic E-state index is 12.9. The molecule has 6 fully saturated rings. The first-order valence-corrected chi connectivity index (χ1v) is 56.9. The van der Waals surface area contributed by atoms with E-state index in [0.29, 0.717) is 209 Å². The van der Waals surface area contributed by atoms with Crippen molar-refractivity contribution in [3.63, 3.8) is 0 Å². The van der Waals surface area contributed by atoms with Gasteiger partial charge in [-0.15, -0.1) is 0 Å². The van der Waals surface area contributed by atoms with Crippen molar-refractivity contribution in [1.82, 2.24) is 53.0 Å². The Morgan fingerprint density at radius 1 is 0.382 bits per heavy atom. The summed E-state index contributed by atoms with van der Waals surface area (Å²) in [5.41, 5.74) is 6.55. The molecule has 10 aliphatic heterocycles. The number of anilines is 6. The summed E-state index contributed by atoms with van der Waals surface area (Å²) in [5, 5.41) is 23.8. The van der Waals surface area contributed by atoms with Crippen molar-refractivity contribution in [2.45, 2.75) is 255 Å². The van der Waals surface area contributed by atoms with Gasteiger partial charge in [0.1, 0.15) is 0 Å². The van der Waals surface area contributed by atoms with Crippen molar-refractivity contribution >= 4 is 138 Å². The van der Waals surface area contributed by atoms with E-state index in [-0.39, 0.29) is 110 Å². The first-order chi connectivity index (χ1) is 67.9. The molecule has 6 aromatic rings. The number of imide groups is 1. The molecular formula is C97H138ClN17O24S5. The molecule has 2 unspecified atom stereocenters. The summed E-state index contributed by atoms with van der Waals surface area (Å²) < 4.78 is 166. The number of likely N-dealkylation sites (tertiary alicyclic amines) is 5. The first-order valence-electron chi connectivity index (χ1n) is 48.8. The molecule has 10 heterocycles. The number of sulfonamides is 5. The van der Waals surface area contributed by atoms with Crippen LogP contribution in [-0.2, 0) is 55.7 Å². The Bertz CT molecular complexity index is 6170. The van der Waals surface area contributed by atoms with Crippen molar-refractivity contribution in [2.75, 3.05) is 124 Å². The zero-order valence-electron chi connectivity index (χ0n) is 84.1. The zero-order valence-corrected chi connectivity index (χ0v) is 88.9. The minimum absolute atomic E-state index is 0.0828. The molecule has 11 N–H and O–H groups in total. The highest BCUT2D eigenvalue weighted by Gasteiger charge is 2.41. The van der Waals surface area contributed by atoms with Crippen molar-refractivity contribution in [1.29, 1.82) is 0 Å². The van der Waals surface area contributed by atoms with Gasteiger partial charge in [-0.1, -0.05) is 23.7 Å². The van der Waals surface area contributed by atoms with Gasteiger partial charge in [-0.25, -0.2) is 89.7 Å². The van der Waals surface area contributed by atoms with E-state index >= 15 is 0 Å². The van der Waals surface area contributed by atoms with Crippen LogP contribution in [0, 0.1) is 13.8 Å². The summed E-state index contributed by atoms with van der Waals surface area (Å²) >= 11 is 5.99. The number of ether oxygens (including phenoxy) is 6. The Morgan fingerprint density at radius 2 is 0.750 bits per heavy atom. The summed E-state index contributed by atoms with van der Waals surface area (Å²) in [7, 11) is -16.5. The molecule has 47 heteroatoms. The summed E-state index contributed by atoms with van der Waals surface area (Å²) in [6.07, 6.45) is 7.04. The number of nitrogens with one attached hydrogen (secondary N) is 10. The van der Waals surface area contributed by atoms with Gasteiger partial charge in [-0.3, -0.25) is 14.5 Å². The van der Waals surface area contributed by atoms with Gasteiger partial charge < -0.3 is 89.5 Å². The van der Waals surface area contributed by atoms with Crippen molar-refractivity contribution in [3.05, 3.63) is 142 Å². The van der Waals surface area contributed by atoms with E-state index in [4.69, 9.17) is 40.0 Å². The third kappa shape index (κ3) is 29.2. The molecule has 144 heavy (non-hydrogen) atoms. The second kappa shape index (κ2) is 48.2. The van der Waals surface area contributed by atoms with Crippen LogP contribution < -0.4 is 83.5 Å². The van der Waals surface area contributed by atoms with Gasteiger partial charge >= 0.3 is 30.2 Å². The van der Waals surface area contributed by atoms with Gasteiger partial charge in [-0.05, 0) is 277 Å². The van der Waals surface area contributed by atoms with Gasteiger partial charge in [0, 0.05) is 171 Å². The van der Waals surface area contributed by atoms with E-state index in [0.717, 1.165) is 35.5 Å². The predicted octanol–water partition coefficient (Wildman–Crippen LogP) is 12.4. The molecule has 6 aromatic carbocycles. The van der Waals surface area contributed by atoms with E-state index in [1.165, 1.54) is 11.0 Å². The molecule has 16 rings (SSSR count). The number of halogens is 1. The number of aryl methyl sites for hydroxylation is 1. The van der Waals surface area contributed by atoms with Crippen LogP contribution in [0.2, 0.25) is 5.02 Å². The molecule has 0 spiro atoms. The van der Waals surface area contributed by atoms with Gasteiger partial charge in [0.25, 0.3) is 11.8 Å². The lowest BCUT2D eigenvalue weighted by Gasteiger charge is -2.39. The van der Waals surface area contributed by atoms with E-state index in [9.17, 15) is 80.8 Å². The van der Waals surface area contributed by atoms with Crippen LogP contribution in [0.5, 0.6) is 34.5 Å². The van der Waals surface area contributed by atoms with Gasteiger partial charge in [0.2, 0.25) is 70.5 Å². The average Bonchev–Trinajstić information content (AvgIpc) is 1.62. The topological polar surface area (TPSA) is 509 Å². The predicted molar refractivity (Wildman–Crippen MR) is 551 cm³/mol. The van der Waals surface area contributed by atoms with Crippen molar-refractivity contribution in [3.8, 4) is 34.5 Å². The zero-order chi connectivity index (χ0) is 105. The van der Waals surface area contributed by atoms with E-state index < -0.39 is 82.0 Å². The molecule has 0 saturated carbocycles. The molecule has 12 amide bonds. The Balaban J connectivity index is 0.000000162. The standard InChI is InChI=1S/C27H37ClN4O4S.C20H28N4O5S.2C17H25N3O5S.C16H23N3O5S/c1-19(2)37(35,36)30-24-12-15-32(20(3)18-24)26(33)29-23-8-10-25(11-9-23)31-16-13-27(34,14-17-31)21-4-6-22(28)7-5-21;1-12(2)24-18(25)16-6-5-15(11-17(16)19(24)26)21-20(27)23-9-7-14(8-10-23)22-30(28,29)13(3)4;1-11(2)26(22,23)19-13-4-6-20(7-5-13)17(21)18-14-8-12(3)16-15(9-14)24-10-25-16;1-11(2)26(22,23)19-13-6-8-20(9-7-13)17(21)18-14-4-5-15-16(12(14)3)25-10-24-15;1-11(2)25(21,22)18-12-5-7-19(8-6-12)16(20)17-13-3-4-14-15(9-13)24-10-23-14/h4-11,19-20,24,30,34H,12-18H2,1-3H3,(H,29,33);5-6,11-14,22H,7-10H2,1-4H3,(H,21,27);8-9,11,13,19H,4-7,10H2,1-3H3,(H,18,21);4-5,11,13,19H,6-10H2,1-3H3,(H,18,21);3-4,9,11-12,18H,5-8,10H2,1-2H3,(H,17,20). The molecule has 0 aromatic heterocycles. The summed E-state index contributed by atoms with van der Waals surface area (Å²) in [4.78, 5) is 99.7. The minimum atomic E-state index is -3.34. The van der Waals surface area contributed by atoms with Crippen molar-refractivity contribution < 1.29 is 109 Å². The van der Waals surface area contributed by atoms with Gasteiger partial charge in [0.05, 0.1) is 43.0 Å². The van der Waals surface area contributed by atoms with Crippen LogP contribution in [0.3, 0.4) is 0 Å². The Morgan fingerprint density at radius 3 is 1.21 bits per heavy atom. The Hall–Kier alpha value is -10.8. The van der Waals surface area contributed by atoms with Crippen molar-refractivity contribution in [2.24, 2.45) is 0 Å². The number of piperidine rings is 6. The number of urea groups is 5. The van der Waals surface area contributed by atoms with E-state index in [2.05, 4.69) is 55.1 Å². The maximum Gasteiger partial charge on any atom is 0.322 e. The lowest BCUT2D eigenvalue weighted by atomic mass is 9.84. The lowest BCUT2D eigenvalue weighted by molar-refractivity contribution is 0.0117.